The molecule has 1 N–H and O–H groups in total. The van der Waals surface area contributed by atoms with Crippen LogP contribution in [0.15, 0.2) is 47.5 Å². The number of hydrogen-bond donors (Lipinski definition) is 1. The van der Waals surface area contributed by atoms with Gasteiger partial charge in [0.05, 0.1) is 18.3 Å². The molecule has 0 saturated carbocycles. The number of pyridine rings is 1. The van der Waals surface area contributed by atoms with Gasteiger partial charge in [0.1, 0.15) is 0 Å². The van der Waals surface area contributed by atoms with Crippen LogP contribution in [0.25, 0.3) is 10.9 Å². The smallest absolute Gasteiger partial charge is 0.252 e. The molecule has 0 saturated heterocycles. The third kappa shape index (κ3) is 2.27. The summed E-state index contributed by atoms with van der Waals surface area (Å²) in [5, 5.41) is 12.0. The molecule has 2 heterocycles. The minimum atomic E-state index is -0.0213. The molecule has 0 aliphatic carbocycles. The van der Waals surface area contributed by atoms with Gasteiger partial charge >= 0.3 is 0 Å². The van der Waals surface area contributed by atoms with Gasteiger partial charge in [-0.1, -0.05) is 23.4 Å². The van der Waals surface area contributed by atoms with Crippen LogP contribution in [0, 0.1) is 0 Å². The Morgan fingerprint density at radius 3 is 2.95 bits per heavy atom. The molecule has 0 fully saturated rings. The van der Waals surface area contributed by atoms with Crippen LogP contribution in [0.2, 0.25) is 0 Å². The van der Waals surface area contributed by atoms with Crippen LogP contribution in [-0.2, 0) is 13.6 Å². The first kappa shape index (κ1) is 12.4. The molecule has 20 heavy (non-hydrogen) atoms. The van der Waals surface area contributed by atoms with Gasteiger partial charge in [-0.05, 0) is 6.07 Å². The highest BCUT2D eigenvalue weighted by atomic mass is 16.1. The molecule has 0 aliphatic heterocycles. The average Bonchev–Trinajstić information content (AvgIpc) is 2.97. The van der Waals surface area contributed by atoms with E-state index < -0.39 is 0 Å². The Morgan fingerprint density at radius 2 is 2.15 bits per heavy atom. The van der Waals surface area contributed by atoms with Crippen LogP contribution in [-0.4, -0.2) is 26.1 Å². The Bertz CT molecular complexity index is 776. The molecule has 0 radical (unpaired) electrons. The molecule has 0 aliphatic rings. The van der Waals surface area contributed by atoms with E-state index in [1.807, 2.05) is 30.5 Å². The van der Waals surface area contributed by atoms with Crippen LogP contribution in [0.4, 0.5) is 5.69 Å². The lowest BCUT2D eigenvalue weighted by Crippen LogP contribution is -2.18. The highest BCUT2D eigenvalue weighted by molar-refractivity contribution is 5.91. The molecule has 0 amide bonds. The second-order valence-electron chi connectivity index (χ2n) is 4.57. The van der Waals surface area contributed by atoms with Crippen LogP contribution in [0.1, 0.15) is 0 Å². The van der Waals surface area contributed by atoms with Crippen molar-refractivity contribution in [2.45, 2.75) is 6.54 Å². The summed E-state index contributed by atoms with van der Waals surface area (Å²) >= 11 is 0. The Kier molecular flexibility index (Phi) is 3.20. The Balaban J connectivity index is 1.87. The summed E-state index contributed by atoms with van der Waals surface area (Å²) in [6, 6.07) is 9.48. The summed E-state index contributed by atoms with van der Waals surface area (Å²) in [6.07, 6.45) is 3.46. The summed E-state index contributed by atoms with van der Waals surface area (Å²) in [7, 11) is 1.78. The fourth-order valence-corrected chi connectivity index (χ4v) is 2.21. The molecule has 0 unspecified atom stereocenters. The second kappa shape index (κ2) is 5.16. The van der Waals surface area contributed by atoms with Gasteiger partial charge in [0.15, 0.2) is 0 Å². The fraction of sp³-hybridized carbons (Fsp3) is 0.214. The van der Waals surface area contributed by atoms with Gasteiger partial charge in [0, 0.05) is 36.9 Å². The van der Waals surface area contributed by atoms with E-state index in [1.54, 1.807) is 28.6 Å². The molecule has 6 nitrogen and oxygen atoms in total. The Hall–Kier alpha value is -2.63. The molecule has 3 rings (SSSR count). The number of para-hydroxylation sites is 1. The number of nitrogens with one attached hydrogen (secondary N) is 1. The lowest BCUT2D eigenvalue weighted by Gasteiger charge is -2.12. The average molecular weight is 269 g/mol. The van der Waals surface area contributed by atoms with Crippen molar-refractivity contribution in [3.8, 4) is 0 Å². The number of hydrogen-bond acceptors (Lipinski definition) is 4. The quantitative estimate of drug-likeness (QED) is 0.774. The van der Waals surface area contributed by atoms with Crippen LogP contribution in [0.5, 0.6) is 0 Å². The number of rotatable bonds is 4. The lowest BCUT2D eigenvalue weighted by molar-refractivity contribution is 0.609. The van der Waals surface area contributed by atoms with Crippen molar-refractivity contribution in [1.82, 2.24) is 19.6 Å². The molecule has 102 valence electrons. The molecule has 0 atom stereocenters. The van der Waals surface area contributed by atoms with E-state index in [-0.39, 0.29) is 5.56 Å². The van der Waals surface area contributed by atoms with E-state index in [9.17, 15) is 4.79 Å². The van der Waals surface area contributed by atoms with Gasteiger partial charge in [-0.3, -0.25) is 9.48 Å². The number of aromatic nitrogens is 4. The van der Waals surface area contributed by atoms with Crippen molar-refractivity contribution in [3.05, 3.63) is 53.1 Å². The van der Waals surface area contributed by atoms with Crippen molar-refractivity contribution in [2.24, 2.45) is 7.05 Å². The first-order valence-corrected chi connectivity index (χ1v) is 6.42. The molecule has 6 heteroatoms. The van der Waals surface area contributed by atoms with Gasteiger partial charge in [-0.25, -0.2) is 0 Å². The molecule has 3 aromatic rings. The zero-order valence-corrected chi connectivity index (χ0v) is 11.2. The molecule has 0 bridgehead atoms. The highest BCUT2D eigenvalue weighted by Crippen LogP contribution is 2.20. The summed E-state index contributed by atoms with van der Waals surface area (Å²) in [4.78, 5) is 11.9. The van der Waals surface area contributed by atoms with Gasteiger partial charge in [0.25, 0.3) is 5.56 Å². The highest BCUT2D eigenvalue weighted by Gasteiger charge is 2.05. The Labute approximate surface area is 115 Å². The first-order valence-electron chi connectivity index (χ1n) is 6.42. The van der Waals surface area contributed by atoms with E-state index >= 15 is 0 Å². The molecule has 0 spiro atoms. The van der Waals surface area contributed by atoms with Gasteiger partial charge in [-0.2, -0.15) is 0 Å². The van der Waals surface area contributed by atoms with E-state index in [1.165, 1.54) is 0 Å². The maximum atomic E-state index is 11.9. The van der Waals surface area contributed by atoms with E-state index in [2.05, 4.69) is 15.6 Å². The van der Waals surface area contributed by atoms with Crippen molar-refractivity contribution in [1.29, 1.82) is 0 Å². The minimum absolute atomic E-state index is 0.0213. The molecular weight excluding hydrogens is 254 g/mol. The third-order valence-corrected chi connectivity index (χ3v) is 3.28. The normalized spacial score (nSPS) is 10.8. The molecule has 2 aromatic heterocycles. The SMILES string of the molecule is Cn1c(=O)cc(NCCn2ccnn2)c2ccccc21. The fourth-order valence-electron chi connectivity index (χ4n) is 2.21. The summed E-state index contributed by atoms with van der Waals surface area (Å²) in [5.74, 6) is 0. The lowest BCUT2D eigenvalue weighted by atomic mass is 10.2. The van der Waals surface area contributed by atoms with Gasteiger partial charge < -0.3 is 9.88 Å². The summed E-state index contributed by atoms with van der Waals surface area (Å²) in [6.45, 7) is 1.38. The number of aryl methyl sites for hydroxylation is 1. The first-order chi connectivity index (χ1) is 9.75. The maximum Gasteiger partial charge on any atom is 0.252 e. The number of anilines is 1. The van der Waals surface area contributed by atoms with Crippen molar-refractivity contribution >= 4 is 16.6 Å². The van der Waals surface area contributed by atoms with Crippen LogP contribution >= 0.6 is 0 Å². The standard InChI is InChI=1S/C14H15N5O/c1-18-13-5-3-2-4-11(13)12(10-14(18)20)15-6-8-19-9-7-16-17-19/h2-5,7,9-10,15H,6,8H2,1H3. The summed E-state index contributed by atoms with van der Waals surface area (Å²) in [5.41, 5.74) is 1.75. The predicted octanol–water partition coefficient (Wildman–Crippen LogP) is 1.24. The van der Waals surface area contributed by atoms with Crippen LogP contribution < -0.4 is 10.9 Å². The van der Waals surface area contributed by atoms with Crippen molar-refractivity contribution in [2.75, 3.05) is 11.9 Å². The topological polar surface area (TPSA) is 64.7 Å². The number of nitrogens with zero attached hydrogens (tertiary/aromatic N) is 4. The molecular formula is C14H15N5O. The number of fused-ring (bicyclic) bond motifs is 1. The monoisotopic (exact) mass is 269 g/mol. The zero-order valence-electron chi connectivity index (χ0n) is 11.2. The van der Waals surface area contributed by atoms with Gasteiger partial charge in [-0.15, -0.1) is 5.10 Å². The van der Waals surface area contributed by atoms with E-state index in [0.717, 1.165) is 16.6 Å². The number of benzene rings is 1. The van der Waals surface area contributed by atoms with Gasteiger partial charge in [0.2, 0.25) is 0 Å². The van der Waals surface area contributed by atoms with Crippen LogP contribution in [0.3, 0.4) is 0 Å². The van der Waals surface area contributed by atoms with Crippen molar-refractivity contribution in [3.63, 3.8) is 0 Å². The zero-order chi connectivity index (χ0) is 13.9. The molecule has 1 aromatic carbocycles. The largest absolute Gasteiger partial charge is 0.382 e. The predicted molar refractivity (Wildman–Crippen MR) is 77.7 cm³/mol. The third-order valence-electron chi connectivity index (χ3n) is 3.28. The van der Waals surface area contributed by atoms with E-state index in [0.29, 0.717) is 13.1 Å². The summed E-state index contributed by atoms with van der Waals surface area (Å²) < 4.78 is 3.40. The Morgan fingerprint density at radius 1 is 1.30 bits per heavy atom. The minimum Gasteiger partial charge on any atom is -0.382 e. The maximum absolute atomic E-state index is 11.9. The van der Waals surface area contributed by atoms with Crippen molar-refractivity contribution < 1.29 is 0 Å². The second-order valence-corrected chi connectivity index (χ2v) is 4.57. The van der Waals surface area contributed by atoms with E-state index in [4.69, 9.17) is 0 Å².